The largest absolute Gasteiger partial charge is 0.433 e. The number of esters is 1. The molecule has 0 amide bonds. The Kier molecular flexibility index (Phi) is 8.46. The molecule has 6 N–H and O–H groups in total. The van der Waals surface area contributed by atoms with E-state index in [2.05, 4.69) is 20.8 Å². The van der Waals surface area contributed by atoms with Crippen molar-refractivity contribution in [2.24, 2.45) is 46.3 Å². The maximum Gasteiger partial charge on any atom is 0.308 e. The monoisotopic (exact) mass is 554 g/mol. The third-order valence-electron chi connectivity index (χ3n) is 12.3. The SMILES string of the molecule is C[C@H](CCC(=O)O[C@H]1O[C@H](CO)[C@@H](O)[C@H](O)[C@H]1O)[C@H]1CC[C@H]2[C@@H]3[C@H](O)C[C@@H]4C[C@H](O)CC[C@]4(C)[C@H]3CC[C@]12C. The van der Waals surface area contributed by atoms with Gasteiger partial charge in [0.25, 0.3) is 0 Å². The van der Waals surface area contributed by atoms with Crippen molar-refractivity contribution in [1.82, 2.24) is 0 Å². The Morgan fingerprint density at radius 2 is 1.62 bits per heavy atom. The molecule has 0 aromatic heterocycles. The zero-order chi connectivity index (χ0) is 28.3. The van der Waals surface area contributed by atoms with Gasteiger partial charge in [-0.25, -0.2) is 0 Å². The van der Waals surface area contributed by atoms with Crippen molar-refractivity contribution >= 4 is 5.97 Å². The summed E-state index contributed by atoms with van der Waals surface area (Å²) in [7, 11) is 0. The Balaban J connectivity index is 1.20. The van der Waals surface area contributed by atoms with Crippen molar-refractivity contribution in [3.05, 3.63) is 0 Å². The lowest BCUT2D eigenvalue weighted by molar-refractivity contribution is -0.292. The number of hydrogen-bond acceptors (Lipinski definition) is 9. The normalized spacial score (nSPS) is 52.3. The molecule has 0 spiro atoms. The van der Waals surface area contributed by atoms with E-state index in [0.29, 0.717) is 36.0 Å². The van der Waals surface area contributed by atoms with Gasteiger partial charge < -0.3 is 40.1 Å². The van der Waals surface area contributed by atoms with Crippen LogP contribution < -0.4 is 0 Å². The molecule has 0 aromatic carbocycles. The molecule has 0 radical (unpaired) electrons. The molecule has 5 fully saturated rings. The fourth-order valence-electron chi connectivity index (χ4n) is 10.1. The summed E-state index contributed by atoms with van der Waals surface area (Å²) in [6, 6.07) is 0. The van der Waals surface area contributed by atoms with Gasteiger partial charge in [0.1, 0.15) is 24.4 Å². The van der Waals surface area contributed by atoms with Crippen LogP contribution >= 0.6 is 0 Å². The molecular formula is C30H50O9. The van der Waals surface area contributed by atoms with Crippen molar-refractivity contribution in [2.45, 2.75) is 128 Å². The van der Waals surface area contributed by atoms with Gasteiger partial charge in [-0.15, -0.1) is 0 Å². The van der Waals surface area contributed by atoms with Crippen molar-refractivity contribution in [2.75, 3.05) is 6.61 Å². The van der Waals surface area contributed by atoms with Gasteiger partial charge in [-0.2, -0.15) is 0 Å². The maximum atomic E-state index is 12.7. The first-order valence-electron chi connectivity index (χ1n) is 15.3. The highest BCUT2D eigenvalue weighted by Gasteiger charge is 2.62. The van der Waals surface area contributed by atoms with Gasteiger partial charge in [0.05, 0.1) is 18.8 Å². The third kappa shape index (κ3) is 5.08. The van der Waals surface area contributed by atoms with Crippen LogP contribution in [0.25, 0.3) is 0 Å². The Hall–Kier alpha value is -0.810. The summed E-state index contributed by atoms with van der Waals surface area (Å²) < 4.78 is 10.6. The predicted octanol–water partition coefficient (Wildman–Crippen LogP) is 1.74. The minimum atomic E-state index is -1.59. The smallest absolute Gasteiger partial charge is 0.308 e. The van der Waals surface area contributed by atoms with Crippen LogP contribution in [-0.4, -0.2) is 86.1 Å². The van der Waals surface area contributed by atoms with Crippen LogP contribution in [-0.2, 0) is 14.3 Å². The van der Waals surface area contributed by atoms with E-state index in [9.17, 15) is 35.4 Å². The number of carbonyl (C=O) groups excluding carboxylic acids is 1. The van der Waals surface area contributed by atoms with Crippen LogP contribution in [0.5, 0.6) is 0 Å². The molecule has 0 aromatic rings. The number of ether oxygens (including phenoxy) is 2. The first-order chi connectivity index (χ1) is 18.4. The van der Waals surface area contributed by atoms with Gasteiger partial charge >= 0.3 is 5.97 Å². The average Bonchev–Trinajstić information content (AvgIpc) is 3.25. The molecule has 39 heavy (non-hydrogen) atoms. The van der Waals surface area contributed by atoms with Gasteiger partial charge in [0.2, 0.25) is 6.29 Å². The maximum absolute atomic E-state index is 12.7. The molecule has 5 aliphatic rings. The van der Waals surface area contributed by atoms with Gasteiger partial charge in [0.15, 0.2) is 0 Å². The summed E-state index contributed by atoms with van der Waals surface area (Å²) in [5.74, 6) is 1.82. The van der Waals surface area contributed by atoms with Crippen LogP contribution in [0.2, 0.25) is 0 Å². The molecule has 15 atom stereocenters. The van der Waals surface area contributed by atoms with E-state index in [1.54, 1.807) is 0 Å². The fourth-order valence-corrected chi connectivity index (χ4v) is 10.1. The average molecular weight is 555 g/mol. The van der Waals surface area contributed by atoms with Crippen LogP contribution in [0.3, 0.4) is 0 Å². The summed E-state index contributed by atoms with van der Waals surface area (Å²) in [5, 5.41) is 61.2. The van der Waals surface area contributed by atoms with Crippen molar-refractivity contribution < 1.29 is 44.9 Å². The van der Waals surface area contributed by atoms with Crippen molar-refractivity contribution in [3.8, 4) is 0 Å². The molecular weight excluding hydrogens is 504 g/mol. The van der Waals surface area contributed by atoms with E-state index in [0.717, 1.165) is 51.4 Å². The second-order valence-corrected chi connectivity index (χ2v) is 14.2. The third-order valence-corrected chi connectivity index (χ3v) is 12.3. The molecule has 1 aliphatic heterocycles. The van der Waals surface area contributed by atoms with E-state index < -0.39 is 43.3 Å². The highest BCUT2D eigenvalue weighted by atomic mass is 16.7. The van der Waals surface area contributed by atoms with E-state index >= 15 is 0 Å². The van der Waals surface area contributed by atoms with Gasteiger partial charge in [-0.05, 0) is 104 Å². The minimum absolute atomic E-state index is 0.111. The predicted molar refractivity (Wildman–Crippen MR) is 141 cm³/mol. The lowest BCUT2D eigenvalue weighted by Crippen LogP contribution is -2.59. The minimum Gasteiger partial charge on any atom is -0.433 e. The number of carbonyl (C=O) groups is 1. The number of rotatable bonds is 6. The first-order valence-corrected chi connectivity index (χ1v) is 15.3. The molecule has 4 saturated carbocycles. The number of hydrogen-bond donors (Lipinski definition) is 6. The molecule has 224 valence electrons. The topological polar surface area (TPSA) is 157 Å². The molecule has 9 nitrogen and oxygen atoms in total. The first kappa shape index (κ1) is 29.7. The standard InChI is InChI=1S/C30H50O9/c1-15(4-7-23(34)39-28-27(37)26(36)25(35)22(14-31)38-28)18-5-6-19-24-20(9-11-30(18,19)3)29(2)10-8-17(32)12-16(29)13-21(24)33/h15-22,24-28,31-33,35-37H,4-14H2,1-3H3/t15-,16+,17-,18-,19+,20+,21-,22-,24+,25-,26+,27-,28-,29+,30-/m1/s1. The second kappa shape index (κ2) is 11.1. The Morgan fingerprint density at radius 3 is 2.33 bits per heavy atom. The molecule has 1 saturated heterocycles. The Labute approximate surface area is 231 Å². The number of aliphatic hydroxyl groups excluding tert-OH is 6. The highest BCUT2D eigenvalue weighted by Crippen LogP contribution is 2.68. The molecule has 1 heterocycles. The van der Waals surface area contributed by atoms with E-state index in [-0.39, 0.29) is 35.4 Å². The van der Waals surface area contributed by atoms with Crippen LogP contribution in [0.15, 0.2) is 0 Å². The molecule has 0 bridgehead atoms. The molecule has 0 unspecified atom stereocenters. The second-order valence-electron chi connectivity index (χ2n) is 14.2. The molecule has 9 heteroatoms. The van der Waals surface area contributed by atoms with E-state index in [1.807, 2.05) is 0 Å². The van der Waals surface area contributed by atoms with Crippen LogP contribution in [0, 0.1) is 46.3 Å². The summed E-state index contributed by atoms with van der Waals surface area (Å²) in [6.07, 6.45) is 0.950. The number of fused-ring (bicyclic) bond motifs is 5. The summed E-state index contributed by atoms with van der Waals surface area (Å²) in [6.45, 7) is 6.45. The Bertz CT molecular complexity index is 882. The zero-order valence-corrected chi connectivity index (χ0v) is 23.7. The quantitative estimate of drug-likeness (QED) is 0.269. The number of aliphatic hydroxyl groups is 6. The lowest BCUT2D eigenvalue weighted by atomic mass is 9.43. The lowest BCUT2D eigenvalue weighted by Gasteiger charge is -2.62. The van der Waals surface area contributed by atoms with E-state index in [1.165, 1.54) is 0 Å². The van der Waals surface area contributed by atoms with Gasteiger partial charge in [-0.3, -0.25) is 4.79 Å². The van der Waals surface area contributed by atoms with Crippen molar-refractivity contribution in [1.29, 1.82) is 0 Å². The van der Waals surface area contributed by atoms with Crippen LogP contribution in [0.1, 0.15) is 85.0 Å². The van der Waals surface area contributed by atoms with Gasteiger partial charge in [0, 0.05) is 6.42 Å². The summed E-state index contributed by atoms with van der Waals surface area (Å²) in [5.41, 5.74) is 0.308. The molecule has 5 rings (SSSR count). The summed E-state index contributed by atoms with van der Waals surface area (Å²) in [4.78, 5) is 12.7. The Morgan fingerprint density at radius 1 is 0.923 bits per heavy atom. The van der Waals surface area contributed by atoms with E-state index in [4.69, 9.17) is 9.47 Å². The molecule has 4 aliphatic carbocycles. The zero-order valence-electron chi connectivity index (χ0n) is 23.7. The summed E-state index contributed by atoms with van der Waals surface area (Å²) >= 11 is 0. The van der Waals surface area contributed by atoms with Crippen molar-refractivity contribution in [3.63, 3.8) is 0 Å². The van der Waals surface area contributed by atoms with Gasteiger partial charge in [-0.1, -0.05) is 20.8 Å². The van der Waals surface area contributed by atoms with Crippen LogP contribution in [0.4, 0.5) is 0 Å². The highest BCUT2D eigenvalue weighted by molar-refractivity contribution is 5.69. The fraction of sp³-hybridized carbons (Fsp3) is 0.967.